The number of nitrogens with zero attached hydrogens (tertiary/aromatic N) is 6. The van der Waals surface area contributed by atoms with E-state index in [1.165, 1.54) is 20.2 Å². The van der Waals surface area contributed by atoms with Crippen molar-refractivity contribution in [1.82, 2.24) is 29.9 Å². The molecule has 22 aromatic rings. The van der Waals surface area contributed by atoms with Gasteiger partial charge in [-0.3, -0.25) is 0 Å². The first-order valence-electron chi connectivity index (χ1n) is 39.0. The van der Waals surface area contributed by atoms with Gasteiger partial charge in [0.05, 0.1) is 5.92 Å². The van der Waals surface area contributed by atoms with Crippen molar-refractivity contribution in [2.75, 3.05) is 0 Å². The van der Waals surface area contributed by atoms with E-state index in [0.717, 1.165) is 187 Å². The van der Waals surface area contributed by atoms with Crippen LogP contribution in [0.4, 0.5) is 0 Å². The highest BCUT2D eigenvalue weighted by Gasteiger charge is 2.39. The van der Waals surface area contributed by atoms with Crippen molar-refractivity contribution in [3.63, 3.8) is 0 Å². The number of para-hydroxylation sites is 3. The minimum absolute atomic E-state index is 0.202. The number of benzene rings is 16. The van der Waals surface area contributed by atoms with Crippen LogP contribution in [0, 0.1) is 12.1 Å². The van der Waals surface area contributed by atoms with Crippen LogP contribution in [0.5, 0.6) is 5.75 Å². The van der Waals surface area contributed by atoms with Crippen molar-refractivity contribution in [2.24, 2.45) is 0 Å². The van der Waals surface area contributed by atoms with Gasteiger partial charge in [0.2, 0.25) is 0 Å². The highest BCUT2D eigenvalue weighted by Crippen LogP contribution is 2.51. The number of hydrogen-bond donors (Lipinski definition) is 0. The van der Waals surface area contributed by atoms with Gasteiger partial charge in [-0.15, -0.1) is 11.3 Å². The molecule has 0 fully saturated rings. The number of hydrogen-bond acceptors (Lipinski definition) is 10. The number of rotatable bonds is 11. The van der Waals surface area contributed by atoms with Gasteiger partial charge in [-0.25, -0.2) is 29.9 Å². The van der Waals surface area contributed by atoms with Crippen molar-refractivity contribution >= 4 is 124 Å². The summed E-state index contributed by atoms with van der Waals surface area (Å²) >= 11 is 1.82. The summed E-state index contributed by atoms with van der Waals surface area (Å²) in [5.74, 6) is 4.07. The Balaban J connectivity index is 0.564. The average Bonchev–Trinajstić information content (AvgIpc) is 1.53. The smallest absolute Gasteiger partial charge is 0.165 e. The molecule has 0 radical (unpaired) electrons. The Morgan fingerprint density at radius 2 is 0.828 bits per heavy atom. The van der Waals surface area contributed by atoms with E-state index in [9.17, 15) is 0 Å². The second-order valence-electron chi connectivity index (χ2n) is 30.2. The summed E-state index contributed by atoms with van der Waals surface area (Å²) in [7, 11) is 0. The summed E-state index contributed by atoms with van der Waals surface area (Å²) < 4.78 is 22.5. The van der Waals surface area contributed by atoms with Crippen LogP contribution in [0.25, 0.3) is 225 Å². The summed E-state index contributed by atoms with van der Waals surface area (Å²) in [6.45, 7) is 0. The number of thiophene rings is 1. The zero-order valence-electron chi connectivity index (χ0n) is 62.0. The van der Waals surface area contributed by atoms with Crippen molar-refractivity contribution in [2.45, 2.75) is 12.0 Å². The second kappa shape index (κ2) is 26.2. The van der Waals surface area contributed by atoms with Crippen LogP contribution in [-0.2, 0) is 0 Å². The van der Waals surface area contributed by atoms with E-state index in [1.54, 1.807) is 0 Å². The van der Waals surface area contributed by atoms with Gasteiger partial charge in [-0.1, -0.05) is 255 Å². The average molecular weight is 1500 g/mol. The third-order valence-electron chi connectivity index (χ3n) is 23.4. The van der Waals surface area contributed by atoms with E-state index >= 15 is 0 Å². The molecule has 1 aliphatic heterocycles. The van der Waals surface area contributed by atoms with E-state index in [0.29, 0.717) is 34.9 Å². The topological polar surface area (TPSA) is 113 Å². The lowest BCUT2D eigenvalue weighted by Crippen LogP contribution is -2.20. The van der Waals surface area contributed by atoms with Crippen LogP contribution in [0.2, 0.25) is 0 Å². The molecule has 9 nitrogen and oxygen atoms in total. The van der Waals surface area contributed by atoms with Crippen LogP contribution in [-0.4, -0.2) is 36.0 Å². The molecule has 0 amide bonds. The highest BCUT2D eigenvalue weighted by molar-refractivity contribution is 7.25. The Hall–Kier alpha value is -15.3. The van der Waals surface area contributed by atoms with Gasteiger partial charge in [0.15, 0.2) is 34.9 Å². The quantitative estimate of drug-likeness (QED) is 0.125. The lowest BCUT2D eigenvalue weighted by molar-refractivity contribution is 0.271. The Labute approximate surface area is 668 Å². The Bertz CT molecular complexity index is 7970. The van der Waals surface area contributed by atoms with Crippen LogP contribution in [0.15, 0.2) is 361 Å². The molecule has 0 bridgehead atoms. The molecule has 24 rings (SSSR count). The SMILES string of the molecule is c1ccc2ccc(-c3ccc(-c4nc(C5=CC=CC6Oc7ccc(-c8cccc9c8oc8ccccc89)cc7C56)nc(-c5ccc6ccc(-c7ccc8cc(-c9ccc(-c%10nc(-c%11ccc%12ccccc%12c%11)nc(-c%11c(-c%12ccc%13sc%14ccccc%14c%13c%12)ccc%12oc%13ccccc%13c%11%12)n%10)cc9)ccc8c7)cc6c5)n4)cc3)cc2c#1. The summed E-state index contributed by atoms with van der Waals surface area (Å²) in [5.41, 5.74) is 20.4. The fraction of sp³-hybridized carbons (Fsp3) is 0.0189. The number of furan rings is 2. The van der Waals surface area contributed by atoms with Gasteiger partial charge in [-0.2, -0.15) is 0 Å². The predicted octanol–water partition coefficient (Wildman–Crippen LogP) is 27.6. The minimum Gasteiger partial charge on any atom is -0.485 e. The molecule has 0 saturated carbocycles. The molecule has 0 N–H and O–H groups in total. The van der Waals surface area contributed by atoms with Crippen molar-refractivity contribution in [1.29, 1.82) is 0 Å². The number of allylic oxidation sites excluding steroid dienone is 2. The van der Waals surface area contributed by atoms with E-state index in [2.05, 4.69) is 334 Å². The number of fused-ring (bicyclic) bond motifs is 16. The fourth-order valence-corrected chi connectivity index (χ4v) is 18.7. The normalized spacial score (nSPS) is 13.9. The molecule has 0 saturated heterocycles. The first-order chi connectivity index (χ1) is 57.4. The summed E-state index contributed by atoms with van der Waals surface area (Å²) in [5, 5.41) is 15.4. The molecule has 0 spiro atoms. The highest BCUT2D eigenvalue weighted by atomic mass is 32.1. The zero-order valence-corrected chi connectivity index (χ0v) is 62.8. The van der Waals surface area contributed by atoms with Gasteiger partial charge >= 0.3 is 0 Å². The lowest BCUT2D eigenvalue weighted by atomic mass is 9.83. The van der Waals surface area contributed by atoms with Crippen molar-refractivity contribution < 1.29 is 13.6 Å². The van der Waals surface area contributed by atoms with Crippen LogP contribution < -0.4 is 4.74 Å². The molecular formula is C106H60N6O3S. The van der Waals surface area contributed by atoms with Gasteiger partial charge in [0.25, 0.3) is 0 Å². The first-order valence-corrected chi connectivity index (χ1v) is 39.8. The summed E-state index contributed by atoms with van der Waals surface area (Å²) in [6.07, 6.45) is 6.09. The third-order valence-corrected chi connectivity index (χ3v) is 24.5. The van der Waals surface area contributed by atoms with Crippen LogP contribution in [0.3, 0.4) is 0 Å². The molecule has 2 aliphatic rings. The molecule has 5 aromatic heterocycles. The molecule has 6 heterocycles. The molecule has 10 heteroatoms. The standard InChI is InChI=1S/C106H60N6O3S/c1-3-15-68-53-70(39-31-61(68)13-1)63-27-35-66(36-28-63)101-107-103(110-105(109-101)87-22-12-25-93-97(87)89-60-77(47-50-92(89)114-93)82-20-11-21-85-83-17-5-8-23-90(83)115-100(82)85)79-46-34-65-32-40-75(57-80(65)58-79)74-44-43-72-54-71(41-42-73(72)55-74)64-29-37-67(38-30-64)102-108-104(78-45-33-62-14-2-4-16-69(62)56-78)112-106(111-102)99-81(49-51-94-98(99)86-19-6-9-24-91(86)113-94)76-48-52-96-88(59-76)84-18-7-10-26-95(84)116-96/h1-2,4-14,16-60,93,97H. The molecule has 116 heavy (non-hydrogen) atoms. The predicted molar refractivity (Wildman–Crippen MR) is 473 cm³/mol. The van der Waals surface area contributed by atoms with Gasteiger partial charge in [0, 0.05) is 91.6 Å². The van der Waals surface area contributed by atoms with Gasteiger partial charge in [-0.05, 0) is 197 Å². The molecule has 2 unspecified atom stereocenters. The molecular weight excluding hydrogens is 1440 g/mol. The summed E-state index contributed by atoms with van der Waals surface area (Å²) in [4.78, 5) is 32.5. The molecule has 2 atom stereocenters. The van der Waals surface area contributed by atoms with Crippen LogP contribution in [0.1, 0.15) is 17.3 Å². The monoisotopic (exact) mass is 1500 g/mol. The Morgan fingerprint density at radius 1 is 0.310 bits per heavy atom. The van der Waals surface area contributed by atoms with E-state index in [1.807, 2.05) is 41.7 Å². The minimum atomic E-state index is -0.270. The van der Waals surface area contributed by atoms with Crippen molar-refractivity contribution in [3.05, 3.63) is 375 Å². The largest absolute Gasteiger partial charge is 0.485 e. The maximum absolute atomic E-state index is 6.80. The number of ether oxygens (including phenoxy) is 1. The summed E-state index contributed by atoms with van der Waals surface area (Å²) in [6, 6.07) is 125. The lowest BCUT2D eigenvalue weighted by Gasteiger charge is -2.22. The van der Waals surface area contributed by atoms with E-state index in [-0.39, 0.29) is 12.0 Å². The Kier molecular flexibility index (Phi) is 14.8. The molecule has 538 valence electrons. The van der Waals surface area contributed by atoms with Gasteiger partial charge in [0.1, 0.15) is 34.2 Å². The van der Waals surface area contributed by atoms with E-state index in [4.69, 9.17) is 43.5 Å². The number of aromatic nitrogens is 6. The third kappa shape index (κ3) is 11.0. The van der Waals surface area contributed by atoms with Crippen molar-refractivity contribution in [3.8, 4) is 118 Å². The molecule has 1 aliphatic carbocycles. The van der Waals surface area contributed by atoms with Gasteiger partial charge < -0.3 is 13.6 Å². The Morgan fingerprint density at radius 3 is 1.58 bits per heavy atom. The molecule has 17 aromatic carbocycles. The van der Waals surface area contributed by atoms with Crippen LogP contribution >= 0.6 is 11.3 Å². The van der Waals surface area contributed by atoms with E-state index < -0.39 is 0 Å². The second-order valence-corrected chi connectivity index (χ2v) is 31.2. The maximum atomic E-state index is 6.80. The fourth-order valence-electron chi connectivity index (χ4n) is 17.6. The zero-order chi connectivity index (χ0) is 76.1. The maximum Gasteiger partial charge on any atom is 0.165 e. The first kappa shape index (κ1) is 65.4.